The Labute approximate surface area is 106 Å². The Balaban J connectivity index is 2.55. The van der Waals surface area contributed by atoms with Gasteiger partial charge in [0.1, 0.15) is 0 Å². The van der Waals surface area contributed by atoms with Crippen molar-refractivity contribution in [1.82, 2.24) is 0 Å². The molecule has 0 bridgehead atoms. The van der Waals surface area contributed by atoms with Gasteiger partial charge in [0.15, 0.2) is 9.84 Å². The van der Waals surface area contributed by atoms with Crippen LogP contribution < -0.4 is 0 Å². The van der Waals surface area contributed by atoms with Gasteiger partial charge in [-0.25, -0.2) is 8.42 Å². The van der Waals surface area contributed by atoms with Crippen LogP contribution in [-0.2, 0) is 15.6 Å². The van der Waals surface area contributed by atoms with Crippen molar-refractivity contribution in [3.8, 4) is 0 Å². The molecule has 0 N–H and O–H groups in total. The standard InChI is InChI=1S/C11H14Cl2O2S/c12-7-1-2-8-16(14,15)9-10-3-5-11(13)6-4-10/h3-6H,1-2,7-9H2. The van der Waals surface area contributed by atoms with Crippen molar-refractivity contribution in [3.63, 3.8) is 0 Å². The molecule has 5 heteroatoms. The van der Waals surface area contributed by atoms with Gasteiger partial charge < -0.3 is 0 Å². The van der Waals surface area contributed by atoms with Crippen LogP contribution >= 0.6 is 23.2 Å². The number of halogens is 2. The second-order valence-electron chi connectivity index (χ2n) is 3.61. The Hall–Kier alpha value is -0.250. The summed E-state index contributed by atoms with van der Waals surface area (Å²) in [6.07, 6.45) is 1.36. The predicted molar refractivity (Wildman–Crippen MR) is 68.9 cm³/mol. The highest BCUT2D eigenvalue weighted by molar-refractivity contribution is 7.90. The van der Waals surface area contributed by atoms with E-state index in [0.717, 1.165) is 12.0 Å². The first-order valence-electron chi connectivity index (χ1n) is 5.04. The number of rotatable bonds is 6. The molecule has 0 amide bonds. The largest absolute Gasteiger partial charge is 0.228 e. The van der Waals surface area contributed by atoms with Gasteiger partial charge >= 0.3 is 0 Å². The highest BCUT2D eigenvalue weighted by Crippen LogP contribution is 2.13. The molecule has 90 valence electrons. The van der Waals surface area contributed by atoms with Crippen LogP contribution in [0.1, 0.15) is 18.4 Å². The minimum Gasteiger partial charge on any atom is -0.228 e. The third-order valence-corrected chi connectivity index (χ3v) is 4.34. The molecule has 0 saturated carbocycles. The summed E-state index contributed by atoms with van der Waals surface area (Å²) in [5, 5.41) is 0.614. The number of hydrogen-bond donors (Lipinski definition) is 0. The molecule has 0 atom stereocenters. The molecule has 0 saturated heterocycles. The Morgan fingerprint density at radius 2 is 1.69 bits per heavy atom. The van der Waals surface area contributed by atoms with Crippen LogP contribution in [0.15, 0.2) is 24.3 Å². The van der Waals surface area contributed by atoms with Crippen molar-refractivity contribution in [2.45, 2.75) is 18.6 Å². The molecule has 2 nitrogen and oxygen atoms in total. The summed E-state index contributed by atoms with van der Waals surface area (Å²) < 4.78 is 23.4. The quantitative estimate of drug-likeness (QED) is 0.592. The van der Waals surface area contributed by atoms with Crippen LogP contribution in [-0.4, -0.2) is 20.1 Å². The van der Waals surface area contributed by atoms with Gasteiger partial charge in [0.25, 0.3) is 0 Å². The van der Waals surface area contributed by atoms with E-state index < -0.39 is 9.84 Å². The number of hydrogen-bond acceptors (Lipinski definition) is 2. The lowest BCUT2D eigenvalue weighted by Crippen LogP contribution is -2.09. The topological polar surface area (TPSA) is 34.1 Å². The first-order valence-corrected chi connectivity index (χ1v) is 7.78. The number of sulfone groups is 1. The fourth-order valence-electron chi connectivity index (χ4n) is 1.32. The van der Waals surface area contributed by atoms with Crippen LogP contribution in [0.5, 0.6) is 0 Å². The number of unbranched alkanes of at least 4 members (excludes halogenated alkanes) is 1. The van der Waals surface area contributed by atoms with Crippen molar-refractivity contribution in [2.24, 2.45) is 0 Å². The number of benzene rings is 1. The molecule has 0 radical (unpaired) electrons. The molecule has 0 aliphatic carbocycles. The minimum atomic E-state index is -3.02. The maximum absolute atomic E-state index is 11.7. The van der Waals surface area contributed by atoms with E-state index in [1.807, 2.05) is 0 Å². The Morgan fingerprint density at radius 1 is 1.06 bits per heavy atom. The summed E-state index contributed by atoms with van der Waals surface area (Å²) in [6.45, 7) is 0. The van der Waals surface area contributed by atoms with Crippen LogP contribution in [0, 0.1) is 0 Å². The van der Waals surface area contributed by atoms with Crippen molar-refractivity contribution in [2.75, 3.05) is 11.6 Å². The Bertz CT molecular complexity index is 412. The van der Waals surface area contributed by atoms with E-state index in [2.05, 4.69) is 0 Å². The lowest BCUT2D eigenvalue weighted by Gasteiger charge is -2.04. The lowest BCUT2D eigenvalue weighted by molar-refractivity contribution is 0.592. The van der Waals surface area contributed by atoms with Gasteiger partial charge in [-0.2, -0.15) is 0 Å². The fraction of sp³-hybridized carbons (Fsp3) is 0.455. The monoisotopic (exact) mass is 280 g/mol. The van der Waals surface area contributed by atoms with Gasteiger partial charge in [-0.05, 0) is 30.5 Å². The smallest absolute Gasteiger partial charge is 0.154 e. The summed E-state index contributed by atoms with van der Waals surface area (Å²) in [5.41, 5.74) is 0.773. The second kappa shape index (κ2) is 6.48. The summed E-state index contributed by atoms with van der Waals surface area (Å²) >= 11 is 11.2. The first-order chi connectivity index (χ1) is 7.53. The maximum atomic E-state index is 11.7. The van der Waals surface area contributed by atoms with Crippen LogP contribution in [0.2, 0.25) is 5.02 Å². The molecule has 0 fully saturated rings. The molecule has 0 heterocycles. The normalized spacial score (nSPS) is 11.6. The Morgan fingerprint density at radius 3 is 2.25 bits per heavy atom. The molecule has 0 spiro atoms. The van der Waals surface area contributed by atoms with E-state index in [1.165, 1.54) is 0 Å². The molecule has 1 aromatic rings. The van der Waals surface area contributed by atoms with E-state index in [9.17, 15) is 8.42 Å². The summed E-state index contributed by atoms with van der Waals surface area (Å²) in [4.78, 5) is 0. The van der Waals surface area contributed by atoms with Gasteiger partial charge in [-0.3, -0.25) is 0 Å². The van der Waals surface area contributed by atoms with Gasteiger partial charge in [-0.1, -0.05) is 23.7 Å². The second-order valence-corrected chi connectivity index (χ2v) is 6.61. The molecule has 0 unspecified atom stereocenters. The fourth-order valence-corrected chi connectivity index (χ4v) is 3.13. The lowest BCUT2D eigenvalue weighted by atomic mass is 10.2. The van der Waals surface area contributed by atoms with Crippen molar-refractivity contribution in [3.05, 3.63) is 34.9 Å². The summed E-state index contributed by atoms with van der Waals surface area (Å²) in [5.74, 6) is 0.783. The average molecular weight is 281 g/mol. The minimum absolute atomic E-state index is 0.0758. The Kier molecular flexibility index (Phi) is 5.59. The van der Waals surface area contributed by atoms with Gasteiger partial charge in [0, 0.05) is 10.9 Å². The van der Waals surface area contributed by atoms with Gasteiger partial charge in [0.05, 0.1) is 11.5 Å². The molecule has 1 aromatic carbocycles. The molecule has 0 aromatic heterocycles. The van der Waals surface area contributed by atoms with Crippen molar-refractivity contribution in [1.29, 1.82) is 0 Å². The van der Waals surface area contributed by atoms with Crippen molar-refractivity contribution >= 4 is 33.0 Å². The summed E-state index contributed by atoms with van der Waals surface area (Å²) in [6, 6.07) is 6.87. The first kappa shape index (κ1) is 13.8. The van der Waals surface area contributed by atoms with Gasteiger partial charge in [0.2, 0.25) is 0 Å². The molecule has 0 aliphatic heterocycles. The highest BCUT2D eigenvalue weighted by Gasteiger charge is 2.11. The van der Waals surface area contributed by atoms with Crippen molar-refractivity contribution < 1.29 is 8.42 Å². The molecule has 16 heavy (non-hydrogen) atoms. The van der Waals surface area contributed by atoms with E-state index in [-0.39, 0.29) is 11.5 Å². The van der Waals surface area contributed by atoms with Crippen LogP contribution in [0.25, 0.3) is 0 Å². The zero-order valence-electron chi connectivity index (χ0n) is 8.83. The van der Waals surface area contributed by atoms with Crippen LogP contribution in [0.4, 0.5) is 0 Å². The van der Waals surface area contributed by atoms with Crippen LogP contribution in [0.3, 0.4) is 0 Å². The summed E-state index contributed by atoms with van der Waals surface area (Å²) in [7, 11) is -3.02. The zero-order valence-corrected chi connectivity index (χ0v) is 11.2. The maximum Gasteiger partial charge on any atom is 0.154 e. The molecular weight excluding hydrogens is 267 g/mol. The number of alkyl halides is 1. The molecule has 1 rings (SSSR count). The SMILES string of the molecule is O=S(=O)(CCCCCl)Cc1ccc(Cl)cc1. The third kappa shape index (κ3) is 5.19. The molecular formula is C11H14Cl2O2S. The van der Waals surface area contributed by atoms with E-state index >= 15 is 0 Å². The zero-order chi connectivity index (χ0) is 12.0. The van der Waals surface area contributed by atoms with E-state index in [1.54, 1.807) is 24.3 Å². The average Bonchev–Trinajstić information content (AvgIpc) is 2.21. The van der Waals surface area contributed by atoms with Gasteiger partial charge in [-0.15, -0.1) is 11.6 Å². The highest BCUT2D eigenvalue weighted by atomic mass is 35.5. The predicted octanol–water partition coefficient (Wildman–Crippen LogP) is 3.27. The van der Waals surface area contributed by atoms with E-state index in [4.69, 9.17) is 23.2 Å². The third-order valence-electron chi connectivity index (χ3n) is 2.14. The molecule has 0 aliphatic rings. The van der Waals surface area contributed by atoms with E-state index in [0.29, 0.717) is 17.3 Å².